The van der Waals surface area contributed by atoms with Crippen molar-refractivity contribution in [1.82, 2.24) is 21.6 Å². The Hall–Kier alpha value is -3.50. The van der Waals surface area contributed by atoms with Crippen LogP contribution in [0.25, 0.3) is 0 Å². The first-order chi connectivity index (χ1) is 15.6. The molecule has 0 aliphatic rings. The zero-order valence-electron chi connectivity index (χ0n) is 17.8. The van der Waals surface area contributed by atoms with Gasteiger partial charge in [-0.15, -0.1) is 0 Å². The third kappa shape index (κ3) is 10.0. The number of nitrogens with one attached hydrogen (secondary N) is 4. The van der Waals surface area contributed by atoms with E-state index in [1.54, 1.807) is 0 Å². The molecule has 2 aromatic carbocycles. The number of hydrogen-bond donors (Lipinski definition) is 6. The maximum atomic E-state index is 10.9. The van der Waals surface area contributed by atoms with Crippen LogP contribution in [-0.2, 0) is 13.1 Å². The molecule has 0 aromatic heterocycles. The second-order valence-electron chi connectivity index (χ2n) is 6.99. The molecule has 0 bridgehead atoms. The first kappa shape index (κ1) is 24.8. The van der Waals surface area contributed by atoms with Crippen LogP contribution in [0.2, 0.25) is 0 Å². The molecule has 2 aromatic rings. The van der Waals surface area contributed by atoms with E-state index in [2.05, 4.69) is 10.6 Å². The molecule has 0 heterocycles. The number of benzene rings is 2. The Balaban J connectivity index is 1.50. The lowest BCUT2D eigenvalue weighted by Crippen LogP contribution is -2.32. The van der Waals surface area contributed by atoms with Crippen molar-refractivity contribution in [2.45, 2.75) is 38.8 Å². The van der Waals surface area contributed by atoms with E-state index in [9.17, 15) is 9.59 Å². The lowest BCUT2D eigenvalue weighted by Gasteiger charge is -2.09. The molecule has 0 spiro atoms. The summed E-state index contributed by atoms with van der Waals surface area (Å²) in [6.45, 7) is 1.91. The van der Waals surface area contributed by atoms with Crippen molar-refractivity contribution in [3.8, 4) is 11.5 Å². The summed E-state index contributed by atoms with van der Waals surface area (Å²) >= 11 is 0. The zero-order valence-corrected chi connectivity index (χ0v) is 17.8. The lowest BCUT2D eigenvalue weighted by molar-refractivity contribution is 0.161. The Morgan fingerprint density at radius 1 is 0.625 bits per heavy atom. The van der Waals surface area contributed by atoms with E-state index in [0.29, 0.717) is 26.3 Å². The molecular formula is C22H30N4O6. The van der Waals surface area contributed by atoms with Crippen LogP contribution in [0.1, 0.15) is 36.8 Å². The van der Waals surface area contributed by atoms with Gasteiger partial charge in [0.05, 0.1) is 13.2 Å². The Labute approximate surface area is 186 Å². The molecule has 4 amide bonds. The molecule has 0 fully saturated rings. The van der Waals surface area contributed by atoms with E-state index < -0.39 is 12.1 Å². The normalized spacial score (nSPS) is 10.2. The van der Waals surface area contributed by atoms with Crippen molar-refractivity contribution in [2.75, 3.05) is 13.2 Å². The quantitative estimate of drug-likeness (QED) is 0.159. The van der Waals surface area contributed by atoms with E-state index in [1.807, 2.05) is 48.5 Å². The molecule has 0 radical (unpaired) electrons. The number of carbonyl (C=O) groups is 2. The summed E-state index contributed by atoms with van der Waals surface area (Å²) in [7, 11) is 0. The van der Waals surface area contributed by atoms with Crippen molar-refractivity contribution in [3.05, 3.63) is 59.7 Å². The van der Waals surface area contributed by atoms with Gasteiger partial charge in [-0.25, -0.2) is 20.5 Å². The van der Waals surface area contributed by atoms with Crippen LogP contribution in [0, 0.1) is 0 Å². The molecule has 32 heavy (non-hydrogen) atoms. The van der Waals surface area contributed by atoms with E-state index in [1.165, 1.54) is 11.0 Å². The molecule has 0 unspecified atom stereocenters. The van der Waals surface area contributed by atoms with E-state index in [4.69, 9.17) is 19.9 Å². The van der Waals surface area contributed by atoms with Crippen LogP contribution in [-0.4, -0.2) is 35.7 Å². The number of urea groups is 2. The Morgan fingerprint density at radius 2 is 1.00 bits per heavy atom. The van der Waals surface area contributed by atoms with E-state index in [0.717, 1.165) is 48.3 Å². The number of rotatable bonds is 13. The summed E-state index contributed by atoms with van der Waals surface area (Å²) < 4.78 is 11.4. The number of hydrogen-bond acceptors (Lipinski definition) is 6. The standard InChI is InChI=1S/C22H30N4O6/c27-21(25-29)23-15-17-5-9-19(10-6-17)31-13-3-1-2-4-14-32-20-11-7-18(8-12-20)16-24-22(28)26-30/h5-12,29-30H,1-4,13-16H2,(H2,23,25,27)(H2,24,26,28). The molecule has 2 rings (SSSR count). The summed E-state index contributed by atoms with van der Waals surface area (Å²) in [5, 5.41) is 21.9. The maximum Gasteiger partial charge on any atom is 0.338 e. The van der Waals surface area contributed by atoms with Gasteiger partial charge in [0.25, 0.3) is 0 Å². The molecule has 0 aliphatic heterocycles. The molecule has 0 atom stereocenters. The van der Waals surface area contributed by atoms with Crippen molar-refractivity contribution < 1.29 is 29.5 Å². The fourth-order valence-corrected chi connectivity index (χ4v) is 2.79. The first-order valence-corrected chi connectivity index (χ1v) is 10.4. The van der Waals surface area contributed by atoms with Crippen molar-refractivity contribution in [1.29, 1.82) is 0 Å². The summed E-state index contributed by atoms with van der Waals surface area (Å²) in [5.41, 5.74) is 4.84. The topological polar surface area (TPSA) is 141 Å². The summed E-state index contributed by atoms with van der Waals surface area (Å²) in [4.78, 5) is 21.9. The van der Waals surface area contributed by atoms with Crippen LogP contribution < -0.4 is 31.1 Å². The fourth-order valence-electron chi connectivity index (χ4n) is 2.79. The van der Waals surface area contributed by atoms with Crippen molar-refractivity contribution >= 4 is 12.1 Å². The number of amides is 4. The first-order valence-electron chi connectivity index (χ1n) is 10.4. The third-order valence-electron chi connectivity index (χ3n) is 4.53. The SMILES string of the molecule is O=C(NO)NCc1ccc(OCCCCCCOc2ccc(CNC(=O)NO)cc2)cc1. The second-order valence-corrected chi connectivity index (χ2v) is 6.99. The maximum absolute atomic E-state index is 10.9. The molecular weight excluding hydrogens is 416 g/mol. The zero-order chi connectivity index (χ0) is 23.0. The lowest BCUT2D eigenvalue weighted by atomic mass is 10.2. The van der Waals surface area contributed by atoms with Crippen LogP contribution >= 0.6 is 0 Å². The molecule has 0 aliphatic carbocycles. The molecule has 10 nitrogen and oxygen atoms in total. The van der Waals surface area contributed by atoms with Gasteiger partial charge >= 0.3 is 12.1 Å². The van der Waals surface area contributed by atoms with E-state index in [-0.39, 0.29) is 0 Å². The predicted octanol–water partition coefficient (Wildman–Crippen LogP) is 3.08. The van der Waals surface area contributed by atoms with Gasteiger partial charge in [-0.3, -0.25) is 10.4 Å². The smallest absolute Gasteiger partial charge is 0.338 e. The van der Waals surface area contributed by atoms with Crippen LogP contribution in [0.4, 0.5) is 9.59 Å². The van der Waals surface area contributed by atoms with Gasteiger partial charge in [0.1, 0.15) is 11.5 Å². The molecule has 6 N–H and O–H groups in total. The third-order valence-corrected chi connectivity index (χ3v) is 4.53. The number of unbranched alkanes of at least 4 members (excludes halogenated alkanes) is 3. The van der Waals surface area contributed by atoms with Crippen LogP contribution in [0.15, 0.2) is 48.5 Å². The summed E-state index contributed by atoms with van der Waals surface area (Å²) in [6, 6.07) is 13.6. The number of ether oxygens (including phenoxy) is 2. The van der Waals surface area contributed by atoms with Gasteiger partial charge in [0.2, 0.25) is 0 Å². The minimum atomic E-state index is -0.645. The molecule has 174 valence electrons. The molecule has 10 heteroatoms. The highest BCUT2D eigenvalue weighted by Gasteiger charge is 2.01. The van der Waals surface area contributed by atoms with E-state index >= 15 is 0 Å². The highest BCUT2D eigenvalue weighted by Crippen LogP contribution is 2.14. The van der Waals surface area contributed by atoms with Crippen LogP contribution in [0.3, 0.4) is 0 Å². The summed E-state index contributed by atoms with van der Waals surface area (Å²) in [6.07, 6.45) is 3.98. The average Bonchev–Trinajstić information content (AvgIpc) is 2.84. The van der Waals surface area contributed by atoms with Gasteiger partial charge in [-0.2, -0.15) is 0 Å². The molecule has 0 saturated carbocycles. The fraction of sp³-hybridized carbons (Fsp3) is 0.364. The van der Waals surface area contributed by atoms with Gasteiger partial charge in [-0.1, -0.05) is 24.3 Å². The van der Waals surface area contributed by atoms with Crippen LogP contribution in [0.5, 0.6) is 11.5 Å². The van der Waals surface area contributed by atoms with Gasteiger partial charge in [0, 0.05) is 13.1 Å². The monoisotopic (exact) mass is 446 g/mol. The minimum absolute atomic E-state index is 0.319. The highest BCUT2D eigenvalue weighted by molar-refractivity contribution is 5.72. The predicted molar refractivity (Wildman–Crippen MR) is 117 cm³/mol. The van der Waals surface area contributed by atoms with Gasteiger partial charge < -0.3 is 20.1 Å². The molecule has 0 saturated heterocycles. The Kier molecular flexibility index (Phi) is 11.2. The Bertz CT molecular complexity index is 745. The van der Waals surface area contributed by atoms with Gasteiger partial charge in [0.15, 0.2) is 0 Å². The van der Waals surface area contributed by atoms with Gasteiger partial charge in [-0.05, 0) is 61.1 Å². The van der Waals surface area contributed by atoms with Crippen molar-refractivity contribution in [3.63, 3.8) is 0 Å². The van der Waals surface area contributed by atoms with Crippen molar-refractivity contribution in [2.24, 2.45) is 0 Å². The Morgan fingerprint density at radius 3 is 1.34 bits per heavy atom. The summed E-state index contributed by atoms with van der Waals surface area (Å²) in [5.74, 6) is 1.55. The minimum Gasteiger partial charge on any atom is -0.494 e. The largest absolute Gasteiger partial charge is 0.494 e. The number of carbonyl (C=O) groups excluding carboxylic acids is 2. The highest BCUT2D eigenvalue weighted by atomic mass is 16.5. The second kappa shape index (κ2) is 14.5. The average molecular weight is 447 g/mol. The number of hydroxylamine groups is 2.